The average Bonchev–Trinajstić information content (AvgIpc) is 3.46. The van der Waals surface area contributed by atoms with E-state index in [0.29, 0.717) is 43.9 Å². The van der Waals surface area contributed by atoms with Crippen molar-refractivity contribution in [3.05, 3.63) is 94.8 Å². The molecule has 0 spiro atoms. The molecular formula is C34H39FN2O4. The Hall–Kier alpha value is -3.71. The van der Waals surface area contributed by atoms with Crippen LogP contribution in [0.1, 0.15) is 73.1 Å². The van der Waals surface area contributed by atoms with Crippen LogP contribution in [-0.2, 0) is 14.9 Å². The summed E-state index contributed by atoms with van der Waals surface area (Å²) in [6.07, 6.45) is 2.10. The molecule has 7 heteroatoms. The smallest absolute Gasteiger partial charge is 0.257 e. The normalized spacial score (nSPS) is 21.0. The number of benzene rings is 3. The van der Waals surface area contributed by atoms with Crippen molar-refractivity contribution in [2.75, 3.05) is 25.1 Å². The molecule has 0 aromatic heterocycles. The molecule has 6 nitrogen and oxygen atoms in total. The van der Waals surface area contributed by atoms with Crippen LogP contribution in [0.3, 0.4) is 0 Å². The molecule has 2 heterocycles. The number of carbonyl (C=O) groups excluding carboxylic acids is 2. The summed E-state index contributed by atoms with van der Waals surface area (Å²) in [5.74, 6) is -0.925. The van der Waals surface area contributed by atoms with Gasteiger partial charge in [0.25, 0.3) is 5.91 Å². The zero-order chi connectivity index (χ0) is 29.1. The van der Waals surface area contributed by atoms with Crippen molar-refractivity contribution < 1.29 is 23.5 Å². The van der Waals surface area contributed by atoms with Gasteiger partial charge in [0.05, 0.1) is 30.7 Å². The lowest BCUT2D eigenvalue weighted by Crippen LogP contribution is -2.46. The number of piperidine rings is 1. The third-order valence-corrected chi connectivity index (χ3v) is 8.07. The fourth-order valence-corrected chi connectivity index (χ4v) is 5.80. The van der Waals surface area contributed by atoms with Crippen LogP contribution in [0.5, 0.6) is 5.75 Å². The molecule has 2 saturated heterocycles. The Balaban J connectivity index is 1.47. The summed E-state index contributed by atoms with van der Waals surface area (Å²) in [6, 6.07) is 19.5. The SMILES string of the molecule is Cc1cccc(F)c1C(=O)N1CCC[C@H](C(=O)Nc2cccc(C(C)(C)C)c2)[C@@H]1c1ccc(O[C@@H]2CCOC2)cc1. The number of amides is 2. The maximum absolute atomic E-state index is 15.0. The highest BCUT2D eigenvalue weighted by molar-refractivity contribution is 5.98. The van der Waals surface area contributed by atoms with Crippen molar-refractivity contribution >= 4 is 17.5 Å². The molecule has 5 rings (SSSR count). The summed E-state index contributed by atoms with van der Waals surface area (Å²) in [7, 11) is 0. The molecule has 2 amide bonds. The highest BCUT2D eigenvalue weighted by Gasteiger charge is 2.40. The van der Waals surface area contributed by atoms with Crippen LogP contribution in [0, 0.1) is 18.7 Å². The second kappa shape index (κ2) is 12.0. The van der Waals surface area contributed by atoms with Crippen molar-refractivity contribution in [1.29, 1.82) is 0 Å². The number of nitrogens with zero attached hydrogens (tertiary/aromatic N) is 1. The van der Waals surface area contributed by atoms with Gasteiger partial charge in [-0.25, -0.2) is 4.39 Å². The number of anilines is 1. The Morgan fingerprint density at radius 3 is 2.46 bits per heavy atom. The molecule has 0 radical (unpaired) electrons. The van der Waals surface area contributed by atoms with Gasteiger partial charge in [0.2, 0.25) is 5.91 Å². The number of ether oxygens (including phenoxy) is 2. The minimum Gasteiger partial charge on any atom is -0.488 e. The number of nitrogens with one attached hydrogen (secondary N) is 1. The van der Waals surface area contributed by atoms with Gasteiger partial charge >= 0.3 is 0 Å². The van der Waals surface area contributed by atoms with Crippen molar-refractivity contribution in [1.82, 2.24) is 4.90 Å². The van der Waals surface area contributed by atoms with Crippen LogP contribution >= 0.6 is 0 Å². The van der Waals surface area contributed by atoms with Crippen LogP contribution < -0.4 is 10.1 Å². The van der Waals surface area contributed by atoms with Crippen molar-refractivity contribution in [2.45, 2.75) is 64.5 Å². The molecular weight excluding hydrogens is 519 g/mol. The van der Waals surface area contributed by atoms with Gasteiger partial charge in [-0.3, -0.25) is 9.59 Å². The van der Waals surface area contributed by atoms with E-state index in [-0.39, 0.29) is 23.0 Å². The van der Waals surface area contributed by atoms with E-state index in [1.807, 2.05) is 42.5 Å². The number of halogens is 1. The predicted octanol–water partition coefficient (Wildman–Crippen LogP) is 6.83. The minimum atomic E-state index is -0.565. The number of rotatable bonds is 6. The van der Waals surface area contributed by atoms with E-state index in [1.54, 1.807) is 24.0 Å². The summed E-state index contributed by atoms with van der Waals surface area (Å²) < 4.78 is 26.4. The predicted molar refractivity (Wildman–Crippen MR) is 158 cm³/mol. The van der Waals surface area contributed by atoms with Crippen LogP contribution in [-0.4, -0.2) is 42.6 Å². The second-order valence-electron chi connectivity index (χ2n) is 12.1. The first-order valence-corrected chi connectivity index (χ1v) is 14.4. The number of likely N-dealkylation sites (tertiary alicyclic amines) is 1. The van der Waals surface area contributed by atoms with Crippen molar-refractivity contribution in [2.24, 2.45) is 5.92 Å². The third-order valence-electron chi connectivity index (χ3n) is 8.07. The fourth-order valence-electron chi connectivity index (χ4n) is 5.80. The van der Waals surface area contributed by atoms with E-state index < -0.39 is 23.7 Å². The van der Waals surface area contributed by atoms with E-state index in [1.165, 1.54) is 6.07 Å². The number of hydrogen-bond donors (Lipinski definition) is 1. The molecule has 0 saturated carbocycles. The second-order valence-corrected chi connectivity index (χ2v) is 12.1. The first-order chi connectivity index (χ1) is 19.6. The van der Waals surface area contributed by atoms with Crippen molar-refractivity contribution in [3.8, 4) is 5.75 Å². The van der Waals surface area contributed by atoms with Gasteiger partial charge in [-0.2, -0.15) is 0 Å². The summed E-state index contributed by atoms with van der Waals surface area (Å²) >= 11 is 0. The van der Waals surface area contributed by atoms with E-state index >= 15 is 0 Å². The first kappa shape index (κ1) is 28.8. The zero-order valence-corrected chi connectivity index (χ0v) is 24.3. The highest BCUT2D eigenvalue weighted by Crippen LogP contribution is 2.39. The van der Waals surface area contributed by atoms with Crippen LogP contribution in [0.15, 0.2) is 66.7 Å². The quantitative estimate of drug-likeness (QED) is 0.360. The Bertz CT molecular complexity index is 1370. The van der Waals surface area contributed by atoms with Gasteiger partial charge in [0, 0.05) is 18.7 Å². The molecule has 2 aliphatic rings. The maximum atomic E-state index is 15.0. The lowest BCUT2D eigenvalue weighted by molar-refractivity contribution is -0.123. The summed E-state index contributed by atoms with van der Waals surface area (Å²) in [5, 5.41) is 3.12. The van der Waals surface area contributed by atoms with Gasteiger partial charge in [-0.15, -0.1) is 0 Å². The zero-order valence-electron chi connectivity index (χ0n) is 24.3. The molecule has 2 aliphatic heterocycles. The fraction of sp³-hybridized carbons (Fsp3) is 0.412. The molecule has 0 bridgehead atoms. The lowest BCUT2D eigenvalue weighted by atomic mass is 9.83. The molecule has 3 atom stereocenters. The number of hydrogen-bond acceptors (Lipinski definition) is 4. The average molecular weight is 559 g/mol. The first-order valence-electron chi connectivity index (χ1n) is 14.4. The standard InChI is InChI=1S/C34H39FN2O4/c1-22-8-5-12-29(35)30(22)33(39)37-18-7-11-28(32(38)36-25-10-6-9-24(20-25)34(2,3)4)31(37)23-13-15-26(16-14-23)41-27-17-19-40-21-27/h5-6,8-10,12-16,20,27-28,31H,7,11,17-19,21H2,1-4H3,(H,36,38)/t27-,28+,31+/m1/s1. The van der Waals surface area contributed by atoms with Crippen LogP contribution in [0.25, 0.3) is 0 Å². The van der Waals surface area contributed by atoms with E-state index in [0.717, 1.165) is 23.2 Å². The Labute approximate surface area is 241 Å². The summed E-state index contributed by atoms with van der Waals surface area (Å²) in [4.78, 5) is 29.5. The van der Waals surface area contributed by atoms with E-state index in [2.05, 4.69) is 32.2 Å². The van der Waals surface area contributed by atoms with Crippen LogP contribution in [0.4, 0.5) is 10.1 Å². The minimum absolute atomic E-state index is 0.0139. The van der Waals surface area contributed by atoms with E-state index in [9.17, 15) is 14.0 Å². The molecule has 0 unspecified atom stereocenters. The molecule has 0 aliphatic carbocycles. The molecule has 3 aromatic carbocycles. The van der Waals surface area contributed by atoms with Gasteiger partial charge in [0.1, 0.15) is 17.7 Å². The molecule has 1 N–H and O–H groups in total. The summed E-state index contributed by atoms with van der Waals surface area (Å²) in [5.41, 5.74) is 3.21. The number of aryl methyl sites for hydroxylation is 1. The van der Waals surface area contributed by atoms with Gasteiger partial charge < -0.3 is 19.7 Å². The lowest BCUT2D eigenvalue weighted by Gasteiger charge is -2.41. The Morgan fingerprint density at radius 2 is 1.78 bits per heavy atom. The Kier molecular flexibility index (Phi) is 8.45. The van der Waals surface area contributed by atoms with Gasteiger partial charge in [-0.1, -0.05) is 57.2 Å². The van der Waals surface area contributed by atoms with Gasteiger partial charge in [0.15, 0.2) is 0 Å². The largest absolute Gasteiger partial charge is 0.488 e. The Morgan fingerprint density at radius 1 is 1.02 bits per heavy atom. The molecule has 41 heavy (non-hydrogen) atoms. The molecule has 2 fully saturated rings. The van der Waals surface area contributed by atoms with Crippen LogP contribution in [0.2, 0.25) is 0 Å². The van der Waals surface area contributed by atoms with E-state index in [4.69, 9.17) is 9.47 Å². The summed E-state index contributed by atoms with van der Waals surface area (Å²) in [6.45, 7) is 9.81. The third kappa shape index (κ3) is 6.46. The topological polar surface area (TPSA) is 67.9 Å². The molecule has 3 aromatic rings. The highest BCUT2D eigenvalue weighted by atomic mass is 19.1. The van der Waals surface area contributed by atoms with Gasteiger partial charge in [-0.05, 0) is 72.2 Å². The monoisotopic (exact) mass is 558 g/mol. The number of carbonyl (C=O) groups is 2. The van der Waals surface area contributed by atoms with Crippen molar-refractivity contribution in [3.63, 3.8) is 0 Å². The maximum Gasteiger partial charge on any atom is 0.257 e. The molecule has 216 valence electrons.